The molecule has 2 aromatic heterocycles. The van der Waals surface area contributed by atoms with Gasteiger partial charge < -0.3 is 14.4 Å². The van der Waals surface area contributed by atoms with Crippen molar-refractivity contribution in [2.75, 3.05) is 20.8 Å². The molecule has 0 bridgehead atoms. The van der Waals surface area contributed by atoms with Crippen LogP contribution in [0.3, 0.4) is 0 Å². The first-order chi connectivity index (χ1) is 13.0. The number of benzene rings is 1. The van der Waals surface area contributed by atoms with Gasteiger partial charge in [0.1, 0.15) is 5.54 Å². The van der Waals surface area contributed by atoms with Crippen molar-refractivity contribution in [3.63, 3.8) is 0 Å². The molecule has 0 aliphatic carbocycles. The van der Waals surface area contributed by atoms with E-state index in [1.54, 1.807) is 29.8 Å². The van der Waals surface area contributed by atoms with Crippen molar-refractivity contribution in [3.05, 3.63) is 51.9 Å². The van der Waals surface area contributed by atoms with Crippen LogP contribution in [0.4, 0.5) is 0 Å². The summed E-state index contributed by atoms with van der Waals surface area (Å²) in [4.78, 5) is 18.1. The first-order valence-electron chi connectivity index (χ1n) is 8.50. The second kappa shape index (κ2) is 6.53. The third-order valence-electron chi connectivity index (χ3n) is 5.24. The van der Waals surface area contributed by atoms with Crippen LogP contribution in [0.2, 0.25) is 0 Å². The summed E-state index contributed by atoms with van der Waals surface area (Å²) in [7, 11) is 3.23. The number of halogens is 1. The summed E-state index contributed by atoms with van der Waals surface area (Å²) in [6, 6.07) is 5.84. The summed E-state index contributed by atoms with van der Waals surface area (Å²) >= 11 is 3.42. The van der Waals surface area contributed by atoms with Crippen molar-refractivity contribution < 1.29 is 14.3 Å². The number of ether oxygens (including phenoxy) is 2. The Morgan fingerprint density at radius 2 is 1.96 bits per heavy atom. The number of carbonyl (C=O) groups excluding carboxylic acids is 1. The molecule has 0 saturated heterocycles. The highest BCUT2D eigenvalue weighted by Crippen LogP contribution is 2.44. The molecule has 1 unspecified atom stereocenters. The predicted octanol–water partition coefficient (Wildman–Crippen LogP) is 2.79. The number of hydrogen-bond acceptors (Lipinski definition) is 5. The lowest BCUT2D eigenvalue weighted by molar-refractivity contribution is -0.123. The fourth-order valence-electron chi connectivity index (χ4n) is 3.74. The standard InChI is InChI=1S/C19H19BrN4O3/c1-19(17-8-18-21-9-13(20)10-24(18)22-17)14-7-16(27-3)15(26-2)6-12(14)4-5-23(19)11-25/h6-11H,4-5H2,1-3H3. The van der Waals surface area contributed by atoms with E-state index in [4.69, 9.17) is 14.6 Å². The highest BCUT2D eigenvalue weighted by molar-refractivity contribution is 9.10. The van der Waals surface area contributed by atoms with Crippen molar-refractivity contribution in [1.82, 2.24) is 19.5 Å². The number of methoxy groups -OCH3 is 2. The first kappa shape index (κ1) is 17.8. The zero-order valence-electron chi connectivity index (χ0n) is 15.3. The SMILES string of the molecule is COc1cc2c(cc1OC)C(C)(c1cc3ncc(Br)cn3n1)N(C=O)CC2. The van der Waals surface area contributed by atoms with Crippen LogP contribution in [-0.2, 0) is 16.8 Å². The molecule has 1 aliphatic heterocycles. The van der Waals surface area contributed by atoms with Crippen molar-refractivity contribution in [2.45, 2.75) is 18.9 Å². The van der Waals surface area contributed by atoms with Gasteiger partial charge in [0.15, 0.2) is 17.1 Å². The Morgan fingerprint density at radius 3 is 2.67 bits per heavy atom. The second-order valence-corrected chi connectivity index (χ2v) is 7.51. The average Bonchev–Trinajstić information content (AvgIpc) is 3.11. The fourth-order valence-corrected chi connectivity index (χ4v) is 4.03. The molecule has 3 heterocycles. The maximum atomic E-state index is 11.9. The van der Waals surface area contributed by atoms with Gasteiger partial charge in [0, 0.05) is 25.0 Å². The molecule has 1 atom stereocenters. The van der Waals surface area contributed by atoms with E-state index in [0.717, 1.165) is 34.1 Å². The number of rotatable bonds is 4. The van der Waals surface area contributed by atoms with Crippen molar-refractivity contribution in [3.8, 4) is 11.5 Å². The smallest absolute Gasteiger partial charge is 0.210 e. The largest absolute Gasteiger partial charge is 0.493 e. The Bertz CT molecular complexity index is 1040. The zero-order chi connectivity index (χ0) is 19.2. The minimum atomic E-state index is -0.741. The van der Waals surface area contributed by atoms with Crippen molar-refractivity contribution in [2.24, 2.45) is 0 Å². The minimum absolute atomic E-state index is 0.591. The molecule has 0 N–H and O–H groups in total. The lowest BCUT2D eigenvalue weighted by Gasteiger charge is -2.43. The van der Waals surface area contributed by atoms with Crippen LogP contribution in [0.25, 0.3) is 5.65 Å². The maximum absolute atomic E-state index is 11.9. The molecule has 0 radical (unpaired) electrons. The van der Waals surface area contributed by atoms with Gasteiger partial charge in [0.2, 0.25) is 6.41 Å². The zero-order valence-corrected chi connectivity index (χ0v) is 16.9. The quantitative estimate of drug-likeness (QED) is 0.595. The Labute approximate surface area is 165 Å². The summed E-state index contributed by atoms with van der Waals surface area (Å²) in [6.45, 7) is 2.59. The highest BCUT2D eigenvalue weighted by Gasteiger charge is 2.42. The number of nitrogens with zero attached hydrogens (tertiary/aromatic N) is 4. The van der Waals surface area contributed by atoms with Crippen LogP contribution in [0.1, 0.15) is 23.7 Å². The molecular formula is C19H19BrN4O3. The molecule has 3 aromatic rings. The summed E-state index contributed by atoms with van der Waals surface area (Å²) < 4.78 is 13.5. The summed E-state index contributed by atoms with van der Waals surface area (Å²) in [6.07, 6.45) is 5.19. The van der Waals surface area contributed by atoms with E-state index < -0.39 is 5.54 Å². The van der Waals surface area contributed by atoms with Crippen LogP contribution in [0.15, 0.2) is 35.1 Å². The van der Waals surface area contributed by atoms with Gasteiger partial charge in [-0.3, -0.25) is 4.79 Å². The van der Waals surface area contributed by atoms with Crippen LogP contribution in [0, 0.1) is 0 Å². The third kappa shape index (κ3) is 2.66. The Hall–Kier alpha value is -2.61. The van der Waals surface area contributed by atoms with Gasteiger partial charge in [-0.1, -0.05) is 0 Å². The lowest BCUT2D eigenvalue weighted by Crippen LogP contribution is -2.49. The lowest BCUT2D eigenvalue weighted by atomic mass is 9.79. The van der Waals surface area contributed by atoms with E-state index in [1.807, 2.05) is 31.3 Å². The Balaban J connectivity index is 1.96. The van der Waals surface area contributed by atoms with E-state index in [1.165, 1.54) is 0 Å². The van der Waals surface area contributed by atoms with E-state index >= 15 is 0 Å². The van der Waals surface area contributed by atoms with Crippen molar-refractivity contribution >= 4 is 28.0 Å². The number of hydrogen-bond donors (Lipinski definition) is 0. The number of aromatic nitrogens is 3. The molecule has 7 nitrogen and oxygen atoms in total. The molecule has 1 aliphatic rings. The monoisotopic (exact) mass is 430 g/mol. The van der Waals surface area contributed by atoms with Gasteiger partial charge in [-0.25, -0.2) is 9.50 Å². The summed E-state index contributed by atoms with van der Waals surface area (Å²) in [5, 5.41) is 4.72. The van der Waals surface area contributed by atoms with Crippen LogP contribution in [-0.4, -0.2) is 46.7 Å². The maximum Gasteiger partial charge on any atom is 0.210 e. The second-order valence-electron chi connectivity index (χ2n) is 6.59. The van der Waals surface area contributed by atoms with Gasteiger partial charge >= 0.3 is 0 Å². The normalized spacial score (nSPS) is 19.0. The first-order valence-corrected chi connectivity index (χ1v) is 9.29. The van der Waals surface area contributed by atoms with E-state index in [9.17, 15) is 4.79 Å². The van der Waals surface area contributed by atoms with Crippen LogP contribution >= 0.6 is 15.9 Å². The Kier molecular flexibility index (Phi) is 4.30. The van der Waals surface area contributed by atoms with Crippen LogP contribution < -0.4 is 9.47 Å². The van der Waals surface area contributed by atoms with E-state index in [2.05, 4.69) is 20.9 Å². The molecule has 0 spiro atoms. The summed E-state index contributed by atoms with van der Waals surface area (Å²) in [5.74, 6) is 1.30. The van der Waals surface area contributed by atoms with Gasteiger partial charge in [-0.2, -0.15) is 5.10 Å². The fraction of sp³-hybridized carbons (Fsp3) is 0.316. The van der Waals surface area contributed by atoms with Gasteiger partial charge in [0.05, 0.1) is 24.4 Å². The molecule has 27 heavy (non-hydrogen) atoms. The van der Waals surface area contributed by atoms with E-state index in [0.29, 0.717) is 23.7 Å². The summed E-state index contributed by atoms with van der Waals surface area (Å²) in [5.41, 5.74) is 2.80. The Morgan fingerprint density at radius 1 is 1.22 bits per heavy atom. The molecule has 0 saturated carbocycles. The molecular weight excluding hydrogens is 412 g/mol. The third-order valence-corrected chi connectivity index (χ3v) is 5.65. The molecule has 8 heteroatoms. The topological polar surface area (TPSA) is 69.0 Å². The van der Waals surface area contributed by atoms with E-state index in [-0.39, 0.29) is 0 Å². The van der Waals surface area contributed by atoms with Gasteiger partial charge in [-0.15, -0.1) is 0 Å². The predicted molar refractivity (Wildman–Crippen MR) is 103 cm³/mol. The molecule has 1 aromatic carbocycles. The molecule has 4 rings (SSSR count). The highest BCUT2D eigenvalue weighted by atomic mass is 79.9. The van der Waals surface area contributed by atoms with Crippen LogP contribution in [0.5, 0.6) is 11.5 Å². The van der Waals surface area contributed by atoms with Crippen molar-refractivity contribution in [1.29, 1.82) is 0 Å². The molecule has 140 valence electrons. The average molecular weight is 431 g/mol. The molecule has 0 fully saturated rings. The minimum Gasteiger partial charge on any atom is -0.493 e. The number of carbonyl (C=O) groups is 1. The molecule has 1 amide bonds. The van der Waals surface area contributed by atoms with Gasteiger partial charge in [-0.05, 0) is 52.5 Å². The number of fused-ring (bicyclic) bond motifs is 2. The van der Waals surface area contributed by atoms with Gasteiger partial charge in [0.25, 0.3) is 0 Å². The number of amides is 1.